The van der Waals surface area contributed by atoms with Crippen molar-refractivity contribution in [2.75, 3.05) is 13.1 Å². The Morgan fingerprint density at radius 1 is 1.35 bits per heavy atom. The van der Waals surface area contributed by atoms with E-state index in [1.807, 2.05) is 11.8 Å². The molecular formula is C13H25ClN2O. The summed E-state index contributed by atoms with van der Waals surface area (Å²) in [5.41, 5.74) is 6.00. The second-order valence-electron chi connectivity index (χ2n) is 5.98. The SMILES string of the molecule is CC1CCN(C(=O)C2CCCCC2(C)N)C1.Cl. The number of halogens is 1. The lowest BCUT2D eigenvalue weighted by Gasteiger charge is -2.39. The molecule has 0 aromatic heterocycles. The van der Waals surface area contributed by atoms with Crippen molar-refractivity contribution in [1.29, 1.82) is 0 Å². The van der Waals surface area contributed by atoms with Crippen LogP contribution in [0.15, 0.2) is 0 Å². The molecule has 1 saturated carbocycles. The van der Waals surface area contributed by atoms with E-state index in [4.69, 9.17) is 5.73 Å². The Labute approximate surface area is 111 Å². The van der Waals surface area contributed by atoms with E-state index in [2.05, 4.69) is 6.92 Å². The molecule has 3 atom stereocenters. The molecule has 3 nitrogen and oxygen atoms in total. The third kappa shape index (κ3) is 3.14. The van der Waals surface area contributed by atoms with E-state index in [-0.39, 0.29) is 23.9 Å². The monoisotopic (exact) mass is 260 g/mol. The second-order valence-corrected chi connectivity index (χ2v) is 5.98. The molecule has 0 radical (unpaired) electrons. The molecule has 0 aromatic rings. The fraction of sp³-hybridized carbons (Fsp3) is 0.923. The summed E-state index contributed by atoms with van der Waals surface area (Å²) in [6.07, 6.45) is 5.46. The summed E-state index contributed by atoms with van der Waals surface area (Å²) in [5.74, 6) is 1.04. The Hall–Kier alpha value is -0.280. The van der Waals surface area contributed by atoms with Gasteiger partial charge in [0.25, 0.3) is 0 Å². The maximum absolute atomic E-state index is 12.4. The topological polar surface area (TPSA) is 46.3 Å². The summed E-state index contributed by atoms with van der Waals surface area (Å²) in [6, 6.07) is 0. The van der Waals surface area contributed by atoms with Crippen LogP contribution < -0.4 is 5.73 Å². The van der Waals surface area contributed by atoms with Gasteiger partial charge in [0.05, 0.1) is 5.92 Å². The highest BCUT2D eigenvalue weighted by Gasteiger charge is 2.40. The molecule has 17 heavy (non-hydrogen) atoms. The van der Waals surface area contributed by atoms with Crippen molar-refractivity contribution in [1.82, 2.24) is 4.90 Å². The van der Waals surface area contributed by atoms with Crippen LogP contribution >= 0.6 is 12.4 Å². The minimum atomic E-state index is -0.277. The first-order chi connectivity index (χ1) is 7.50. The van der Waals surface area contributed by atoms with Crippen LogP contribution in [-0.4, -0.2) is 29.4 Å². The Bertz CT molecular complexity index is 281. The molecule has 0 spiro atoms. The molecular weight excluding hydrogens is 236 g/mol. The number of hydrogen-bond acceptors (Lipinski definition) is 2. The molecule has 4 heteroatoms. The molecule has 1 aliphatic heterocycles. The van der Waals surface area contributed by atoms with Gasteiger partial charge in [-0.3, -0.25) is 4.79 Å². The number of carbonyl (C=O) groups excluding carboxylic acids is 1. The number of nitrogens with zero attached hydrogens (tertiary/aromatic N) is 1. The molecule has 1 heterocycles. The molecule has 3 unspecified atom stereocenters. The first kappa shape index (κ1) is 14.8. The summed E-state index contributed by atoms with van der Waals surface area (Å²) in [5, 5.41) is 0. The van der Waals surface area contributed by atoms with Gasteiger partial charge in [0.2, 0.25) is 5.91 Å². The third-order valence-electron chi connectivity index (χ3n) is 4.29. The zero-order chi connectivity index (χ0) is 11.8. The molecule has 2 fully saturated rings. The summed E-state index contributed by atoms with van der Waals surface area (Å²) >= 11 is 0. The number of nitrogens with two attached hydrogens (primary N) is 1. The lowest BCUT2D eigenvalue weighted by molar-refractivity contribution is -0.137. The van der Waals surface area contributed by atoms with Gasteiger partial charge >= 0.3 is 0 Å². The van der Waals surface area contributed by atoms with Crippen LogP contribution in [0, 0.1) is 11.8 Å². The van der Waals surface area contributed by atoms with Crippen LogP contribution in [-0.2, 0) is 4.79 Å². The van der Waals surface area contributed by atoms with E-state index in [9.17, 15) is 4.79 Å². The van der Waals surface area contributed by atoms with Gasteiger partial charge in [-0.15, -0.1) is 12.4 Å². The quantitative estimate of drug-likeness (QED) is 0.786. The van der Waals surface area contributed by atoms with Gasteiger partial charge in [-0.2, -0.15) is 0 Å². The lowest BCUT2D eigenvalue weighted by atomic mass is 9.74. The van der Waals surface area contributed by atoms with Gasteiger partial charge in [0.1, 0.15) is 0 Å². The summed E-state index contributed by atoms with van der Waals surface area (Å²) < 4.78 is 0. The van der Waals surface area contributed by atoms with Crippen LogP contribution in [0.25, 0.3) is 0 Å². The zero-order valence-electron chi connectivity index (χ0n) is 10.9. The van der Waals surface area contributed by atoms with Gasteiger partial charge in [-0.25, -0.2) is 0 Å². The molecule has 100 valence electrons. The van der Waals surface area contributed by atoms with E-state index in [1.165, 1.54) is 6.42 Å². The minimum absolute atomic E-state index is 0. The Balaban J connectivity index is 0.00000144. The molecule has 0 bridgehead atoms. The van der Waals surface area contributed by atoms with Crippen molar-refractivity contribution in [2.24, 2.45) is 17.6 Å². The Morgan fingerprint density at radius 2 is 2.06 bits per heavy atom. The van der Waals surface area contributed by atoms with E-state index in [0.717, 1.165) is 38.8 Å². The second kappa shape index (κ2) is 5.57. The maximum atomic E-state index is 12.4. The van der Waals surface area contributed by atoms with E-state index in [1.54, 1.807) is 0 Å². The fourth-order valence-electron chi connectivity index (χ4n) is 3.12. The highest BCUT2D eigenvalue weighted by Crippen LogP contribution is 2.34. The molecule has 2 N–H and O–H groups in total. The predicted molar refractivity (Wildman–Crippen MR) is 72.2 cm³/mol. The number of amides is 1. The first-order valence-electron chi connectivity index (χ1n) is 6.58. The van der Waals surface area contributed by atoms with Gasteiger partial charge < -0.3 is 10.6 Å². The van der Waals surface area contributed by atoms with Crippen LogP contribution in [0.5, 0.6) is 0 Å². The summed E-state index contributed by atoms with van der Waals surface area (Å²) in [4.78, 5) is 14.4. The number of rotatable bonds is 1. The molecule has 1 aliphatic carbocycles. The Morgan fingerprint density at radius 3 is 2.59 bits per heavy atom. The highest BCUT2D eigenvalue weighted by molar-refractivity contribution is 5.85. The van der Waals surface area contributed by atoms with Crippen molar-refractivity contribution in [2.45, 2.75) is 51.5 Å². The van der Waals surface area contributed by atoms with E-state index >= 15 is 0 Å². The highest BCUT2D eigenvalue weighted by atomic mass is 35.5. The van der Waals surface area contributed by atoms with Crippen LogP contribution in [0.1, 0.15) is 46.0 Å². The van der Waals surface area contributed by atoms with Crippen LogP contribution in [0.2, 0.25) is 0 Å². The zero-order valence-corrected chi connectivity index (χ0v) is 11.8. The van der Waals surface area contributed by atoms with E-state index in [0.29, 0.717) is 11.8 Å². The molecule has 0 aromatic carbocycles. The molecule has 2 aliphatic rings. The van der Waals surface area contributed by atoms with Gasteiger partial charge in [0, 0.05) is 18.6 Å². The predicted octanol–water partition coefficient (Wildman–Crippen LogP) is 2.18. The van der Waals surface area contributed by atoms with Crippen molar-refractivity contribution >= 4 is 18.3 Å². The fourth-order valence-corrected chi connectivity index (χ4v) is 3.12. The van der Waals surface area contributed by atoms with Gasteiger partial charge in [-0.05, 0) is 32.1 Å². The average Bonchev–Trinajstić information content (AvgIpc) is 2.63. The number of carbonyl (C=O) groups is 1. The molecule has 2 rings (SSSR count). The smallest absolute Gasteiger partial charge is 0.227 e. The van der Waals surface area contributed by atoms with Crippen molar-refractivity contribution < 1.29 is 4.79 Å². The van der Waals surface area contributed by atoms with Gasteiger partial charge in [0.15, 0.2) is 0 Å². The molecule has 1 amide bonds. The van der Waals surface area contributed by atoms with Crippen molar-refractivity contribution in [3.05, 3.63) is 0 Å². The van der Waals surface area contributed by atoms with Gasteiger partial charge in [-0.1, -0.05) is 19.8 Å². The van der Waals surface area contributed by atoms with Crippen molar-refractivity contribution in [3.8, 4) is 0 Å². The standard InChI is InChI=1S/C13H24N2O.ClH/c1-10-6-8-15(9-10)12(16)11-5-3-4-7-13(11,2)14;/h10-11H,3-9,14H2,1-2H3;1H. The number of likely N-dealkylation sites (tertiary alicyclic amines) is 1. The normalized spacial score (nSPS) is 37.7. The largest absolute Gasteiger partial charge is 0.342 e. The Kier molecular flexibility index (Phi) is 4.85. The third-order valence-corrected chi connectivity index (χ3v) is 4.29. The van der Waals surface area contributed by atoms with Crippen molar-refractivity contribution in [3.63, 3.8) is 0 Å². The summed E-state index contributed by atoms with van der Waals surface area (Å²) in [6.45, 7) is 6.14. The van der Waals surface area contributed by atoms with Crippen LogP contribution in [0.4, 0.5) is 0 Å². The first-order valence-corrected chi connectivity index (χ1v) is 6.58. The summed E-state index contributed by atoms with van der Waals surface area (Å²) in [7, 11) is 0. The molecule has 1 saturated heterocycles. The average molecular weight is 261 g/mol. The number of hydrogen-bond donors (Lipinski definition) is 1. The van der Waals surface area contributed by atoms with E-state index < -0.39 is 0 Å². The minimum Gasteiger partial charge on any atom is -0.342 e. The lowest BCUT2D eigenvalue weighted by Crippen LogP contribution is -2.53. The maximum Gasteiger partial charge on any atom is 0.227 e. The van der Waals surface area contributed by atoms with Crippen LogP contribution in [0.3, 0.4) is 0 Å².